The summed E-state index contributed by atoms with van der Waals surface area (Å²) in [6.45, 7) is 2.43. The Balaban J connectivity index is 1.87. The topological polar surface area (TPSA) is 15.3 Å². The zero-order chi connectivity index (χ0) is 12.3. The second kappa shape index (κ2) is 6.19. The highest BCUT2D eigenvalue weighted by Crippen LogP contribution is 2.31. The van der Waals surface area contributed by atoms with Crippen molar-refractivity contribution >= 4 is 0 Å². The summed E-state index contributed by atoms with van der Waals surface area (Å²) in [5, 5.41) is 3.47. The van der Waals surface area contributed by atoms with Gasteiger partial charge < -0.3 is 10.2 Å². The Morgan fingerprint density at radius 3 is 2.24 bits per heavy atom. The molecule has 4 atom stereocenters. The van der Waals surface area contributed by atoms with E-state index in [-0.39, 0.29) is 0 Å². The molecule has 0 aromatic heterocycles. The van der Waals surface area contributed by atoms with Gasteiger partial charge in [0, 0.05) is 18.1 Å². The minimum Gasteiger partial charge on any atom is -0.317 e. The molecule has 4 unspecified atom stereocenters. The maximum absolute atomic E-state index is 3.47. The van der Waals surface area contributed by atoms with Gasteiger partial charge in [-0.25, -0.2) is 0 Å². The number of hydrogen-bond acceptors (Lipinski definition) is 2. The molecule has 0 aromatic rings. The fourth-order valence-electron chi connectivity index (χ4n) is 3.87. The molecule has 2 heteroatoms. The van der Waals surface area contributed by atoms with E-state index in [0.29, 0.717) is 0 Å². The smallest absolute Gasteiger partial charge is 0.0110 e. The Kier molecular flexibility index (Phi) is 4.87. The van der Waals surface area contributed by atoms with Crippen LogP contribution in [0.1, 0.15) is 58.3 Å². The van der Waals surface area contributed by atoms with Gasteiger partial charge in [-0.05, 0) is 52.1 Å². The van der Waals surface area contributed by atoms with Crippen LogP contribution in [-0.2, 0) is 0 Å². The lowest BCUT2D eigenvalue weighted by atomic mass is 9.83. The van der Waals surface area contributed by atoms with Crippen molar-refractivity contribution in [3.8, 4) is 0 Å². The van der Waals surface area contributed by atoms with Gasteiger partial charge in [0.2, 0.25) is 0 Å². The maximum atomic E-state index is 3.47. The highest BCUT2D eigenvalue weighted by atomic mass is 15.2. The molecule has 0 aromatic carbocycles. The van der Waals surface area contributed by atoms with Crippen LogP contribution in [0.25, 0.3) is 0 Å². The van der Waals surface area contributed by atoms with Gasteiger partial charge in [-0.1, -0.05) is 26.2 Å². The fraction of sp³-hybridized carbons (Fsp3) is 1.00. The van der Waals surface area contributed by atoms with E-state index in [9.17, 15) is 0 Å². The van der Waals surface area contributed by atoms with Crippen molar-refractivity contribution in [3.63, 3.8) is 0 Å². The Bertz CT molecular complexity index is 229. The molecule has 0 saturated heterocycles. The molecule has 0 spiro atoms. The van der Waals surface area contributed by atoms with Gasteiger partial charge in [0.25, 0.3) is 0 Å². The van der Waals surface area contributed by atoms with Crippen LogP contribution in [0.4, 0.5) is 0 Å². The lowest BCUT2D eigenvalue weighted by Crippen LogP contribution is -2.47. The van der Waals surface area contributed by atoms with E-state index in [1.54, 1.807) is 0 Å². The minimum absolute atomic E-state index is 0.761. The molecular formula is C15H30N2. The molecule has 0 heterocycles. The van der Waals surface area contributed by atoms with Crippen LogP contribution in [0.5, 0.6) is 0 Å². The summed E-state index contributed by atoms with van der Waals surface area (Å²) < 4.78 is 0. The third-order valence-electron chi connectivity index (χ3n) is 5.12. The number of nitrogens with zero attached hydrogens (tertiary/aromatic N) is 1. The van der Waals surface area contributed by atoms with Crippen molar-refractivity contribution in [1.29, 1.82) is 0 Å². The third-order valence-corrected chi connectivity index (χ3v) is 5.12. The molecular weight excluding hydrogens is 208 g/mol. The largest absolute Gasteiger partial charge is 0.317 e. The van der Waals surface area contributed by atoms with E-state index in [2.05, 4.69) is 31.2 Å². The second-order valence-corrected chi connectivity index (χ2v) is 6.40. The maximum Gasteiger partial charge on any atom is 0.0110 e. The minimum atomic E-state index is 0.761. The molecule has 2 nitrogen and oxygen atoms in total. The summed E-state index contributed by atoms with van der Waals surface area (Å²) in [4.78, 5) is 2.72. The zero-order valence-corrected chi connectivity index (χ0v) is 11.9. The summed E-state index contributed by atoms with van der Waals surface area (Å²) in [5.74, 6) is 0.944. The van der Waals surface area contributed by atoms with Crippen LogP contribution >= 0.6 is 0 Å². The van der Waals surface area contributed by atoms with Gasteiger partial charge >= 0.3 is 0 Å². The van der Waals surface area contributed by atoms with Crippen LogP contribution in [0.3, 0.4) is 0 Å². The normalized spacial score (nSPS) is 39.5. The molecule has 0 aliphatic heterocycles. The Hall–Kier alpha value is -0.0800. The molecule has 17 heavy (non-hydrogen) atoms. The van der Waals surface area contributed by atoms with Gasteiger partial charge in [0.05, 0.1) is 0 Å². The molecule has 2 aliphatic carbocycles. The van der Waals surface area contributed by atoms with Crippen LogP contribution in [0.2, 0.25) is 0 Å². The lowest BCUT2D eigenvalue weighted by molar-refractivity contribution is 0.0877. The number of rotatable bonds is 3. The average Bonchev–Trinajstić information content (AvgIpc) is 2.38. The molecule has 1 N–H and O–H groups in total. The van der Waals surface area contributed by atoms with Gasteiger partial charge in [0.15, 0.2) is 0 Å². The van der Waals surface area contributed by atoms with Crippen molar-refractivity contribution in [3.05, 3.63) is 0 Å². The van der Waals surface area contributed by atoms with Gasteiger partial charge in [0.1, 0.15) is 0 Å². The number of nitrogens with one attached hydrogen (secondary N) is 1. The third kappa shape index (κ3) is 3.45. The highest BCUT2D eigenvalue weighted by Gasteiger charge is 2.30. The monoisotopic (exact) mass is 238 g/mol. The van der Waals surface area contributed by atoms with Crippen molar-refractivity contribution in [2.75, 3.05) is 14.1 Å². The van der Waals surface area contributed by atoms with Crippen LogP contribution in [0.15, 0.2) is 0 Å². The summed E-state index contributed by atoms with van der Waals surface area (Å²) in [6.07, 6.45) is 11.3. The highest BCUT2D eigenvalue weighted by molar-refractivity contribution is 4.87. The van der Waals surface area contributed by atoms with Crippen molar-refractivity contribution < 1.29 is 0 Å². The first-order valence-corrected chi connectivity index (χ1v) is 7.60. The summed E-state index contributed by atoms with van der Waals surface area (Å²) >= 11 is 0. The predicted octanol–water partition coefficient (Wildman–Crippen LogP) is 3.03. The predicted molar refractivity (Wildman–Crippen MR) is 74.3 cm³/mol. The first-order chi connectivity index (χ1) is 8.20. The fourth-order valence-corrected chi connectivity index (χ4v) is 3.87. The van der Waals surface area contributed by atoms with E-state index in [1.165, 1.54) is 51.4 Å². The van der Waals surface area contributed by atoms with E-state index >= 15 is 0 Å². The molecule has 0 bridgehead atoms. The van der Waals surface area contributed by atoms with E-state index in [1.807, 2.05) is 0 Å². The summed E-state index contributed by atoms with van der Waals surface area (Å²) in [7, 11) is 4.50. The van der Waals surface area contributed by atoms with E-state index in [0.717, 1.165) is 24.0 Å². The van der Waals surface area contributed by atoms with Crippen molar-refractivity contribution in [1.82, 2.24) is 10.2 Å². The summed E-state index contributed by atoms with van der Waals surface area (Å²) in [6, 6.07) is 2.45. The van der Waals surface area contributed by atoms with E-state index < -0.39 is 0 Å². The molecule has 2 fully saturated rings. The molecule has 2 rings (SSSR count). The molecule has 100 valence electrons. The van der Waals surface area contributed by atoms with E-state index in [4.69, 9.17) is 0 Å². The first-order valence-electron chi connectivity index (χ1n) is 7.60. The van der Waals surface area contributed by atoms with Crippen molar-refractivity contribution in [2.24, 2.45) is 5.92 Å². The SMILES string of the molecule is CNC1CCCC(N(C)C2CCCC(C)C2)C1. The summed E-state index contributed by atoms with van der Waals surface area (Å²) in [5.41, 5.74) is 0. The van der Waals surface area contributed by atoms with Crippen LogP contribution in [0, 0.1) is 5.92 Å². The van der Waals surface area contributed by atoms with Gasteiger partial charge in [-0.15, -0.1) is 0 Å². The van der Waals surface area contributed by atoms with Gasteiger partial charge in [-0.3, -0.25) is 0 Å². The molecule has 2 aliphatic rings. The van der Waals surface area contributed by atoms with Crippen molar-refractivity contribution in [2.45, 2.75) is 76.4 Å². The van der Waals surface area contributed by atoms with Crippen LogP contribution in [-0.4, -0.2) is 37.1 Å². The number of hydrogen-bond donors (Lipinski definition) is 1. The second-order valence-electron chi connectivity index (χ2n) is 6.40. The zero-order valence-electron chi connectivity index (χ0n) is 11.9. The van der Waals surface area contributed by atoms with Gasteiger partial charge in [-0.2, -0.15) is 0 Å². The molecule has 2 saturated carbocycles. The standard InChI is InChI=1S/C15H30N2/c1-12-6-4-8-14(10-12)17(3)15-9-5-7-13(11-15)16-2/h12-16H,4-11H2,1-3H3. The Morgan fingerprint density at radius 2 is 1.59 bits per heavy atom. The Labute approximate surface area is 107 Å². The first kappa shape index (κ1) is 13.4. The Morgan fingerprint density at radius 1 is 0.941 bits per heavy atom. The molecule has 0 amide bonds. The molecule has 0 radical (unpaired) electrons. The van der Waals surface area contributed by atoms with Crippen LogP contribution < -0.4 is 5.32 Å². The lowest BCUT2D eigenvalue weighted by Gasteiger charge is -2.42. The average molecular weight is 238 g/mol. The quantitative estimate of drug-likeness (QED) is 0.813.